The van der Waals surface area contributed by atoms with Crippen LogP contribution in [0.4, 0.5) is 0 Å². The van der Waals surface area contributed by atoms with Crippen LogP contribution in [0, 0.1) is 18.3 Å². The summed E-state index contributed by atoms with van der Waals surface area (Å²) < 4.78 is 0. The van der Waals surface area contributed by atoms with Crippen molar-refractivity contribution in [2.75, 3.05) is 13.1 Å². The number of fused-ring (bicyclic) bond motifs is 1. The van der Waals surface area contributed by atoms with Crippen molar-refractivity contribution in [1.29, 1.82) is 0 Å². The van der Waals surface area contributed by atoms with E-state index in [0.717, 1.165) is 41.7 Å². The Hall–Kier alpha value is -1.74. The van der Waals surface area contributed by atoms with E-state index < -0.39 is 0 Å². The molecule has 1 N–H and O–H groups in total. The van der Waals surface area contributed by atoms with Crippen LogP contribution in [0.25, 0.3) is 10.9 Å². The van der Waals surface area contributed by atoms with Crippen molar-refractivity contribution < 1.29 is 4.79 Å². The molecule has 1 atom stereocenters. The number of aryl methyl sites for hydroxylation is 1. The van der Waals surface area contributed by atoms with Crippen molar-refractivity contribution in [3.8, 4) is 0 Å². The standard InChI is InChI=1S/C18H22N2O/c1-12(2)18(8-9-19-11-18)17(21)15-6-7-16-14(10-15)5-4-13(3)20-16/h4-7,10,12,19H,8-9,11H2,1-3H3. The minimum Gasteiger partial charge on any atom is -0.316 e. The van der Waals surface area contributed by atoms with Gasteiger partial charge in [0.05, 0.1) is 5.52 Å². The molecule has 1 fully saturated rings. The maximum absolute atomic E-state index is 13.1. The number of carbonyl (C=O) groups is 1. The van der Waals surface area contributed by atoms with Gasteiger partial charge in [0, 0.05) is 28.6 Å². The molecule has 0 radical (unpaired) electrons. The van der Waals surface area contributed by atoms with E-state index in [1.165, 1.54) is 0 Å². The third kappa shape index (κ3) is 2.36. The van der Waals surface area contributed by atoms with E-state index >= 15 is 0 Å². The molecule has 1 unspecified atom stereocenters. The molecule has 0 spiro atoms. The van der Waals surface area contributed by atoms with Crippen molar-refractivity contribution in [3.63, 3.8) is 0 Å². The first-order valence-corrected chi connectivity index (χ1v) is 7.66. The normalized spacial score (nSPS) is 22.1. The molecular formula is C18H22N2O. The number of benzene rings is 1. The van der Waals surface area contributed by atoms with Gasteiger partial charge in [-0.1, -0.05) is 19.9 Å². The Balaban J connectivity index is 2.03. The van der Waals surface area contributed by atoms with Crippen LogP contribution in [0.15, 0.2) is 30.3 Å². The van der Waals surface area contributed by atoms with E-state index in [1.807, 2.05) is 37.3 Å². The largest absolute Gasteiger partial charge is 0.316 e. The van der Waals surface area contributed by atoms with E-state index in [0.29, 0.717) is 5.92 Å². The molecule has 1 aromatic carbocycles. The highest BCUT2D eigenvalue weighted by Crippen LogP contribution is 2.37. The first kappa shape index (κ1) is 14.2. The second kappa shape index (κ2) is 5.23. The third-order valence-corrected chi connectivity index (χ3v) is 4.84. The molecular weight excluding hydrogens is 260 g/mol. The van der Waals surface area contributed by atoms with E-state index in [9.17, 15) is 4.79 Å². The molecule has 0 saturated carbocycles. The number of nitrogens with one attached hydrogen (secondary N) is 1. The fraction of sp³-hybridized carbons (Fsp3) is 0.444. The molecule has 0 aliphatic carbocycles. The molecule has 1 aliphatic rings. The van der Waals surface area contributed by atoms with Crippen molar-refractivity contribution >= 4 is 16.7 Å². The van der Waals surface area contributed by atoms with Gasteiger partial charge in [0.2, 0.25) is 0 Å². The average Bonchev–Trinajstić information content (AvgIpc) is 2.96. The smallest absolute Gasteiger partial charge is 0.170 e. The van der Waals surface area contributed by atoms with Gasteiger partial charge in [0.1, 0.15) is 0 Å². The number of hydrogen-bond donors (Lipinski definition) is 1. The second-order valence-electron chi connectivity index (χ2n) is 6.43. The second-order valence-corrected chi connectivity index (χ2v) is 6.43. The number of carbonyl (C=O) groups excluding carboxylic acids is 1. The van der Waals surface area contributed by atoms with Crippen molar-refractivity contribution in [2.24, 2.45) is 11.3 Å². The molecule has 0 bridgehead atoms. The summed E-state index contributed by atoms with van der Waals surface area (Å²) in [5, 5.41) is 4.39. The predicted octanol–water partition coefficient (Wildman–Crippen LogP) is 3.36. The third-order valence-electron chi connectivity index (χ3n) is 4.84. The fourth-order valence-electron chi connectivity index (χ4n) is 3.32. The van der Waals surface area contributed by atoms with Gasteiger partial charge in [0.25, 0.3) is 0 Å². The molecule has 0 amide bonds. The SMILES string of the molecule is Cc1ccc2cc(C(=O)C3(C(C)C)CCNC3)ccc2n1. The Morgan fingerprint density at radius 2 is 2.10 bits per heavy atom. The molecule has 3 heteroatoms. The molecule has 21 heavy (non-hydrogen) atoms. The van der Waals surface area contributed by atoms with Gasteiger partial charge in [-0.2, -0.15) is 0 Å². The minimum absolute atomic E-state index is 0.258. The van der Waals surface area contributed by atoms with Crippen LogP contribution < -0.4 is 5.32 Å². The van der Waals surface area contributed by atoms with E-state index in [4.69, 9.17) is 0 Å². The number of rotatable bonds is 3. The zero-order valence-electron chi connectivity index (χ0n) is 12.9. The predicted molar refractivity (Wildman–Crippen MR) is 85.6 cm³/mol. The number of pyridine rings is 1. The first-order chi connectivity index (χ1) is 10.0. The first-order valence-electron chi connectivity index (χ1n) is 7.66. The van der Waals surface area contributed by atoms with Crippen molar-refractivity contribution in [2.45, 2.75) is 27.2 Å². The fourth-order valence-corrected chi connectivity index (χ4v) is 3.32. The molecule has 1 aliphatic heterocycles. The molecule has 1 saturated heterocycles. The van der Waals surface area contributed by atoms with Crippen LogP contribution in [0.5, 0.6) is 0 Å². The van der Waals surface area contributed by atoms with Crippen LogP contribution in [0.1, 0.15) is 36.3 Å². The van der Waals surface area contributed by atoms with Crippen molar-refractivity contribution in [1.82, 2.24) is 10.3 Å². The lowest BCUT2D eigenvalue weighted by atomic mass is 9.71. The number of aromatic nitrogens is 1. The summed E-state index contributed by atoms with van der Waals surface area (Å²) in [5.74, 6) is 0.608. The highest BCUT2D eigenvalue weighted by Gasteiger charge is 2.43. The number of nitrogens with zero attached hydrogens (tertiary/aromatic N) is 1. The van der Waals surface area contributed by atoms with Gasteiger partial charge in [0.15, 0.2) is 5.78 Å². The Labute approximate surface area is 125 Å². The zero-order valence-corrected chi connectivity index (χ0v) is 12.9. The van der Waals surface area contributed by atoms with Gasteiger partial charge in [-0.05, 0) is 50.1 Å². The summed E-state index contributed by atoms with van der Waals surface area (Å²) in [6.07, 6.45) is 0.924. The summed E-state index contributed by atoms with van der Waals surface area (Å²) in [5.41, 5.74) is 2.51. The van der Waals surface area contributed by atoms with Gasteiger partial charge < -0.3 is 5.32 Å². The van der Waals surface area contributed by atoms with Gasteiger partial charge >= 0.3 is 0 Å². The number of ketones is 1. The van der Waals surface area contributed by atoms with Gasteiger partial charge in [-0.25, -0.2) is 0 Å². The van der Waals surface area contributed by atoms with Gasteiger partial charge in [-0.3, -0.25) is 9.78 Å². The lowest BCUT2D eigenvalue weighted by molar-refractivity contribution is 0.0740. The van der Waals surface area contributed by atoms with E-state index in [1.54, 1.807) is 0 Å². The highest BCUT2D eigenvalue weighted by atomic mass is 16.1. The number of Topliss-reactive ketones (excluding diaryl/α,β-unsaturated/α-hetero) is 1. The quantitative estimate of drug-likeness (QED) is 0.878. The molecule has 3 nitrogen and oxygen atoms in total. The number of hydrogen-bond acceptors (Lipinski definition) is 3. The van der Waals surface area contributed by atoms with Crippen LogP contribution >= 0.6 is 0 Å². The lowest BCUT2D eigenvalue weighted by Crippen LogP contribution is -2.38. The maximum atomic E-state index is 13.1. The molecule has 110 valence electrons. The maximum Gasteiger partial charge on any atom is 0.170 e. The van der Waals surface area contributed by atoms with E-state index in [2.05, 4.69) is 24.1 Å². The summed E-state index contributed by atoms with van der Waals surface area (Å²) in [7, 11) is 0. The minimum atomic E-state index is -0.258. The molecule has 2 heterocycles. The van der Waals surface area contributed by atoms with Crippen LogP contribution in [0.3, 0.4) is 0 Å². The highest BCUT2D eigenvalue weighted by molar-refractivity contribution is 6.03. The van der Waals surface area contributed by atoms with Crippen LogP contribution in [-0.4, -0.2) is 23.9 Å². The average molecular weight is 282 g/mol. The monoisotopic (exact) mass is 282 g/mol. The van der Waals surface area contributed by atoms with Crippen molar-refractivity contribution in [3.05, 3.63) is 41.6 Å². The van der Waals surface area contributed by atoms with Gasteiger partial charge in [-0.15, -0.1) is 0 Å². The Morgan fingerprint density at radius 3 is 2.76 bits per heavy atom. The molecule has 2 aromatic rings. The summed E-state index contributed by atoms with van der Waals surface area (Å²) in [6.45, 7) is 8.00. The Morgan fingerprint density at radius 1 is 1.29 bits per heavy atom. The summed E-state index contributed by atoms with van der Waals surface area (Å²) in [4.78, 5) is 17.6. The van der Waals surface area contributed by atoms with E-state index in [-0.39, 0.29) is 11.2 Å². The van der Waals surface area contributed by atoms with Crippen LogP contribution in [0.2, 0.25) is 0 Å². The summed E-state index contributed by atoms with van der Waals surface area (Å²) in [6, 6.07) is 9.92. The molecule has 3 rings (SSSR count). The Bertz CT molecular complexity index is 685. The van der Waals surface area contributed by atoms with Crippen LogP contribution in [-0.2, 0) is 0 Å². The Kier molecular flexibility index (Phi) is 3.54. The topological polar surface area (TPSA) is 42.0 Å². The zero-order chi connectivity index (χ0) is 15.0. The summed E-state index contributed by atoms with van der Waals surface area (Å²) >= 11 is 0. The lowest BCUT2D eigenvalue weighted by Gasteiger charge is -2.31. The molecule has 1 aromatic heterocycles.